The smallest absolute Gasteiger partial charge is 0.343 e. The first-order valence-corrected chi connectivity index (χ1v) is 17.3. The zero-order chi connectivity index (χ0) is 34.8. The zero-order valence-corrected chi connectivity index (χ0v) is 28.8. The van der Waals surface area contributed by atoms with Crippen LogP contribution in [0.4, 0.5) is 11.4 Å². The number of anilines is 2. The number of para-hydroxylation sites is 1. The highest BCUT2D eigenvalue weighted by Gasteiger charge is 2.57. The van der Waals surface area contributed by atoms with E-state index in [0.29, 0.717) is 33.9 Å². The minimum Gasteiger partial charge on any atom is -0.456 e. The zero-order valence-electron chi connectivity index (χ0n) is 28.8. The molecule has 0 N–H and O–H groups in total. The van der Waals surface area contributed by atoms with Gasteiger partial charge in [-0.1, -0.05) is 60.7 Å². The van der Waals surface area contributed by atoms with Gasteiger partial charge in [0.25, 0.3) is 5.91 Å². The minimum absolute atomic E-state index is 0.241. The standard InChI is InChI=1S/C42H40N4O4/c1-5-44(6-2)31-22-24-35-38(26-31)49-39-27-32(45(7-3)8-4)23-25-36(39)42(35)34-20-14-13-19-33(34)40(47)46(42)43-28-30-18-12-15-21-37(30)50-41(48)29-16-10-9-11-17-29/h9-28H,5-8H2,1-4H3/b43-28+. The molecule has 2 aliphatic heterocycles. The van der Waals surface area contributed by atoms with E-state index >= 15 is 0 Å². The van der Waals surface area contributed by atoms with E-state index in [1.807, 2.05) is 42.5 Å². The summed E-state index contributed by atoms with van der Waals surface area (Å²) in [7, 11) is 0. The first kappa shape index (κ1) is 32.6. The molecule has 252 valence electrons. The summed E-state index contributed by atoms with van der Waals surface area (Å²) in [6.07, 6.45) is 1.60. The predicted molar refractivity (Wildman–Crippen MR) is 198 cm³/mol. The number of amides is 1. The first-order chi connectivity index (χ1) is 24.4. The number of nitrogens with zero attached hydrogens (tertiary/aromatic N) is 4. The molecule has 0 aliphatic carbocycles. The SMILES string of the molecule is CCN(CC)c1ccc2c(c1)Oc1cc(N(CC)CC)ccc1C21c2ccccc2C(=O)N1/N=C/c1ccccc1OC(=O)c1ccccc1. The van der Waals surface area contributed by atoms with Crippen LogP contribution in [-0.4, -0.2) is 49.3 Å². The van der Waals surface area contributed by atoms with Crippen molar-refractivity contribution in [2.75, 3.05) is 36.0 Å². The van der Waals surface area contributed by atoms with Crippen molar-refractivity contribution in [1.29, 1.82) is 0 Å². The van der Waals surface area contributed by atoms with Gasteiger partial charge in [-0.15, -0.1) is 0 Å². The molecule has 5 aromatic carbocycles. The number of fused-ring (bicyclic) bond motifs is 6. The second kappa shape index (κ2) is 13.6. The molecule has 0 bridgehead atoms. The maximum Gasteiger partial charge on any atom is 0.343 e. The highest BCUT2D eigenvalue weighted by Crippen LogP contribution is 2.58. The van der Waals surface area contributed by atoms with Crippen molar-refractivity contribution in [3.8, 4) is 17.2 Å². The molecule has 2 heterocycles. The molecule has 5 aromatic rings. The van der Waals surface area contributed by atoms with Gasteiger partial charge < -0.3 is 19.3 Å². The van der Waals surface area contributed by atoms with E-state index in [1.54, 1.807) is 47.6 Å². The number of ether oxygens (including phenoxy) is 2. The van der Waals surface area contributed by atoms with Crippen molar-refractivity contribution < 1.29 is 19.1 Å². The van der Waals surface area contributed by atoms with E-state index in [-0.39, 0.29) is 5.91 Å². The topological polar surface area (TPSA) is 74.7 Å². The summed E-state index contributed by atoms with van der Waals surface area (Å²) in [6.45, 7) is 11.9. The van der Waals surface area contributed by atoms with Crippen LogP contribution in [0.25, 0.3) is 0 Å². The van der Waals surface area contributed by atoms with E-state index in [1.165, 1.54) is 0 Å². The molecular formula is C42H40N4O4. The molecule has 7 rings (SSSR count). The first-order valence-electron chi connectivity index (χ1n) is 17.3. The summed E-state index contributed by atoms with van der Waals surface area (Å²) < 4.78 is 12.6. The van der Waals surface area contributed by atoms with Crippen LogP contribution in [0.5, 0.6) is 17.2 Å². The van der Waals surface area contributed by atoms with Crippen molar-refractivity contribution in [3.63, 3.8) is 0 Å². The van der Waals surface area contributed by atoms with Crippen LogP contribution in [0.1, 0.15) is 70.7 Å². The molecular weight excluding hydrogens is 624 g/mol. The Kier molecular flexibility index (Phi) is 8.85. The van der Waals surface area contributed by atoms with E-state index in [2.05, 4.69) is 73.9 Å². The quantitative estimate of drug-likeness (QED) is 0.0847. The summed E-state index contributed by atoms with van der Waals surface area (Å²) in [5.41, 5.74) is 4.95. The van der Waals surface area contributed by atoms with Gasteiger partial charge >= 0.3 is 5.97 Å². The number of hydrogen-bond donors (Lipinski definition) is 0. The minimum atomic E-state index is -1.13. The second-order valence-electron chi connectivity index (χ2n) is 12.2. The molecule has 0 saturated heterocycles. The fraction of sp³-hybridized carbons (Fsp3) is 0.214. The van der Waals surface area contributed by atoms with Crippen LogP contribution < -0.4 is 19.3 Å². The molecule has 8 heteroatoms. The van der Waals surface area contributed by atoms with E-state index in [0.717, 1.165) is 54.2 Å². The van der Waals surface area contributed by atoms with Crippen LogP contribution in [0, 0.1) is 0 Å². The summed E-state index contributed by atoms with van der Waals surface area (Å²) in [4.78, 5) is 32.1. The lowest BCUT2D eigenvalue weighted by Crippen LogP contribution is -2.44. The number of hydrogen-bond acceptors (Lipinski definition) is 7. The Morgan fingerprint density at radius 1 is 0.720 bits per heavy atom. The Morgan fingerprint density at radius 3 is 1.90 bits per heavy atom. The van der Waals surface area contributed by atoms with Crippen LogP contribution in [0.15, 0.2) is 120 Å². The summed E-state index contributed by atoms with van der Waals surface area (Å²) >= 11 is 0. The average Bonchev–Trinajstić information content (AvgIpc) is 3.40. The van der Waals surface area contributed by atoms with Gasteiger partial charge in [0.2, 0.25) is 0 Å². The molecule has 0 unspecified atom stereocenters. The lowest BCUT2D eigenvalue weighted by Gasteiger charge is -2.42. The third-order valence-electron chi connectivity index (χ3n) is 9.69. The highest BCUT2D eigenvalue weighted by molar-refractivity contribution is 6.03. The van der Waals surface area contributed by atoms with Gasteiger partial charge in [-0.25, -0.2) is 9.80 Å². The largest absolute Gasteiger partial charge is 0.456 e. The number of carbonyl (C=O) groups excluding carboxylic acids is 2. The normalized spacial score (nSPS) is 13.8. The Bertz CT molecular complexity index is 2020. The summed E-state index contributed by atoms with van der Waals surface area (Å²) in [6, 6.07) is 36.2. The van der Waals surface area contributed by atoms with Gasteiger partial charge in [-0.3, -0.25) is 4.79 Å². The van der Waals surface area contributed by atoms with Gasteiger partial charge in [0, 0.05) is 77.5 Å². The van der Waals surface area contributed by atoms with Gasteiger partial charge in [-0.05, 0) is 70.2 Å². The molecule has 0 saturated carbocycles. The molecule has 1 spiro atoms. The Labute approximate surface area is 293 Å². The van der Waals surface area contributed by atoms with Crippen molar-refractivity contribution in [2.45, 2.75) is 33.2 Å². The monoisotopic (exact) mass is 664 g/mol. The number of esters is 1. The van der Waals surface area contributed by atoms with Crippen LogP contribution in [0.3, 0.4) is 0 Å². The molecule has 0 fully saturated rings. The van der Waals surface area contributed by atoms with Crippen molar-refractivity contribution in [2.24, 2.45) is 5.10 Å². The van der Waals surface area contributed by atoms with E-state index in [9.17, 15) is 9.59 Å². The molecule has 8 nitrogen and oxygen atoms in total. The van der Waals surface area contributed by atoms with Crippen LogP contribution in [0.2, 0.25) is 0 Å². The maximum atomic E-state index is 14.6. The number of carbonyl (C=O) groups is 2. The fourth-order valence-electron chi connectivity index (χ4n) is 7.18. The van der Waals surface area contributed by atoms with Gasteiger partial charge in [0.15, 0.2) is 0 Å². The van der Waals surface area contributed by atoms with Gasteiger partial charge in [0.05, 0.1) is 11.8 Å². The third-order valence-corrected chi connectivity index (χ3v) is 9.69. The molecule has 1 amide bonds. The molecule has 0 aromatic heterocycles. The Hall–Kier alpha value is -5.89. The van der Waals surface area contributed by atoms with Crippen LogP contribution in [-0.2, 0) is 5.54 Å². The van der Waals surface area contributed by atoms with Crippen molar-refractivity contribution in [3.05, 3.63) is 149 Å². The number of hydrazone groups is 1. The maximum absolute atomic E-state index is 14.6. The second-order valence-corrected chi connectivity index (χ2v) is 12.2. The molecule has 2 aliphatic rings. The number of rotatable bonds is 10. The number of benzene rings is 5. The van der Waals surface area contributed by atoms with E-state index in [4.69, 9.17) is 14.6 Å². The molecule has 50 heavy (non-hydrogen) atoms. The summed E-state index contributed by atoms with van der Waals surface area (Å²) in [5, 5.41) is 6.55. The van der Waals surface area contributed by atoms with E-state index < -0.39 is 11.5 Å². The highest BCUT2D eigenvalue weighted by atomic mass is 16.5. The van der Waals surface area contributed by atoms with Gasteiger partial charge in [-0.2, -0.15) is 5.10 Å². The van der Waals surface area contributed by atoms with Crippen LogP contribution >= 0.6 is 0 Å². The lowest BCUT2D eigenvalue weighted by molar-refractivity contribution is 0.0673. The lowest BCUT2D eigenvalue weighted by atomic mass is 9.75. The Morgan fingerprint density at radius 2 is 1.28 bits per heavy atom. The average molecular weight is 665 g/mol. The molecule has 0 radical (unpaired) electrons. The van der Waals surface area contributed by atoms with Gasteiger partial charge in [0.1, 0.15) is 22.8 Å². The Balaban J connectivity index is 1.41. The van der Waals surface area contributed by atoms with Crippen molar-refractivity contribution >= 4 is 29.5 Å². The third kappa shape index (κ3) is 5.37. The summed E-state index contributed by atoms with van der Waals surface area (Å²) in [5.74, 6) is 0.952. The predicted octanol–water partition coefficient (Wildman–Crippen LogP) is 8.49. The fourth-order valence-corrected chi connectivity index (χ4v) is 7.18. The van der Waals surface area contributed by atoms with Crippen molar-refractivity contribution in [1.82, 2.24) is 5.01 Å². The molecule has 0 atom stereocenters.